The predicted octanol–water partition coefficient (Wildman–Crippen LogP) is 3.34. The number of hydrogen-bond acceptors (Lipinski definition) is 2. The first kappa shape index (κ1) is 9.51. The molecule has 4 aromatic rings. The number of hydrogen-bond donors (Lipinski definition) is 2. The van der Waals surface area contributed by atoms with E-state index in [1.165, 1.54) is 0 Å². The first-order valence-electron chi connectivity index (χ1n) is 9.70. The van der Waals surface area contributed by atoms with Crippen LogP contribution in [-0.4, -0.2) is 17.2 Å². The van der Waals surface area contributed by atoms with Gasteiger partial charge in [0.2, 0.25) is 0 Å². The van der Waals surface area contributed by atoms with Crippen molar-refractivity contribution in [2.45, 2.75) is 0 Å². The Bertz CT molecular complexity index is 1240. The molecular formula is C20H15BO2. The van der Waals surface area contributed by atoms with Gasteiger partial charge >= 0.3 is 7.12 Å². The molecule has 3 heteroatoms. The molecule has 110 valence electrons. The molecule has 0 aliphatic heterocycles. The molecule has 2 N–H and O–H groups in total. The van der Waals surface area contributed by atoms with E-state index in [2.05, 4.69) is 0 Å². The molecule has 0 aliphatic carbocycles. The molecule has 0 atom stereocenters. The third-order valence-corrected chi connectivity index (χ3v) is 3.81. The molecule has 4 rings (SSSR count). The molecule has 0 heterocycles. The first-order chi connectivity index (χ1) is 13.3. The molecule has 0 aromatic heterocycles. The largest absolute Gasteiger partial charge is 0.489 e. The van der Waals surface area contributed by atoms with E-state index < -0.39 is 19.2 Å². The Labute approximate surface area is 141 Å². The Morgan fingerprint density at radius 3 is 2.39 bits per heavy atom. The summed E-state index contributed by atoms with van der Waals surface area (Å²) in [5.41, 5.74) is 1.26. The van der Waals surface area contributed by atoms with Gasteiger partial charge in [-0.2, -0.15) is 0 Å². The summed E-state index contributed by atoms with van der Waals surface area (Å²) >= 11 is 0. The van der Waals surface area contributed by atoms with Gasteiger partial charge in [0.05, 0.1) is 6.85 Å². The highest BCUT2D eigenvalue weighted by Crippen LogP contribution is 2.27. The van der Waals surface area contributed by atoms with Crippen LogP contribution in [0.15, 0.2) is 78.7 Å². The zero-order valence-electron chi connectivity index (χ0n) is 17.1. The van der Waals surface area contributed by atoms with Crippen LogP contribution in [0.25, 0.3) is 32.7 Å². The number of fused-ring (bicyclic) bond motifs is 2. The van der Waals surface area contributed by atoms with Crippen LogP contribution in [0.3, 0.4) is 0 Å². The minimum atomic E-state index is -2.00. The summed E-state index contributed by atoms with van der Waals surface area (Å²) in [6, 6.07) is 13.1. The van der Waals surface area contributed by atoms with Crippen LogP contribution in [-0.2, 0) is 0 Å². The molecule has 2 nitrogen and oxygen atoms in total. The van der Waals surface area contributed by atoms with E-state index in [9.17, 15) is 10.0 Å². The van der Waals surface area contributed by atoms with Gasteiger partial charge in [0, 0.05) is 0 Å². The van der Waals surface area contributed by atoms with Crippen LogP contribution in [0, 0.1) is 0 Å². The maximum absolute atomic E-state index is 9.72. The lowest BCUT2D eigenvalue weighted by Gasteiger charge is -2.09. The van der Waals surface area contributed by atoms with E-state index >= 15 is 0 Å². The summed E-state index contributed by atoms with van der Waals surface area (Å²) in [5.74, 6) is 0. The van der Waals surface area contributed by atoms with Crippen molar-refractivity contribution in [1.29, 1.82) is 0 Å². The monoisotopic (exact) mass is 303 g/mol. The SMILES string of the molecule is [2H]c1c([2H])c([2H])c2c([2H])c3c([2H])c(-c4ccccc4)ccc3cc2c1B(O)O. The van der Waals surface area contributed by atoms with E-state index in [4.69, 9.17) is 6.85 Å². The average molecular weight is 303 g/mol. The van der Waals surface area contributed by atoms with Crippen LogP contribution < -0.4 is 5.46 Å². The molecule has 0 amide bonds. The lowest BCUT2D eigenvalue weighted by Crippen LogP contribution is -2.30. The highest BCUT2D eigenvalue weighted by Gasteiger charge is 2.14. The molecular weight excluding hydrogens is 283 g/mol. The molecule has 0 saturated carbocycles. The van der Waals surface area contributed by atoms with Crippen LogP contribution >= 0.6 is 0 Å². The van der Waals surface area contributed by atoms with Crippen molar-refractivity contribution in [2.24, 2.45) is 0 Å². The fraction of sp³-hybridized carbons (Fsp3) is 0. The summed E-state index contributed by atoms with van der Waals surface area (Å²) in [4.78, 5) is 0. The first-order valence-corrected chi connectivity index (χ1v) is 7.20. The van der Waals surface area contributed by atoms with E-state index in [-0.39, 0.29) is 34.4 Å². The van der Waals surface area contributed by atoms with Crippen molar-refractivity contribution < 1.29 is 16.9 Å². The van der Waals surface area contributed by atoms with Crippen molar-refractivity contribution >= 4 is 34.1 Å². The van der Waals surface area contributed by atoms with E-state index in [0.29, 0.717) is 16.3 Å². The molecule has 23 heavy (non-hydrogen) atoms. The van der Waals surface area contributed by atoms with Gasteiger partial charge in [-0.25, -0.2) is 0 Å². The van der Waals surface area contributed by atoms with Crippen molar-refractivity contribution in [3.05, 3.63) is 78.7 Å². The molecule has 0 fully saturated rings. The zero-order chi connectivity index (χ0) is 20.2. The Hall–Kier alpha value is -2.62. The average Bonchev–Trinajstić information content (AvgIpc) is 2.66. The van der Waals surface area contributed by atoms with Crippen molar-refractivity contribution in [3.8, 4) is 11.1 Å². The molecule has 0 aliphatic rings. The van der Waals surface area contributed by atoms with Crippen molar-refractivity contribution in [2.75, 3.05) is 0 Å². The molecule has 0 bridgehead atoms. The van der Waals surface area contributed by atoms with Crippen LogP contribution in [0.4, 0.5) is 0 Å². The standard InChI is InChI=1S/C20H15BO2/c22-21(23)20-8-4-7-17-12-18-11-15(14-5-2-1-3-6-14)9-10-16(18)13-19(17)20/h1-13,22-23H/i4D,7D,8D,11D,12D. The van der Waals surface area contributed by atoms with Gasteiger partial charge in [-0.3, -0.25) is 0 Å². The Morgan fingerprint density at radius 1 is 0.783 bits per heavy atom. The summed E-state index contributed by atoms with van der Waals surface area (Å²) in [6.45, 7) is 0. The minimum Gasteiger partial charge on any atom is -0.423 e. The lowest BCUT2D eigenvalue weighted by atomic mass is 9.77. The second-order valence-corrected chi connectivity index (χ2v) is 5.29. The maximum Gasteiger partial charge on any atom is 0.489 e. The Kier molecular flexibility index (Phi) is 2.29. The highest BCUT2D eigenvalue weighted by molar-refractivity contribution is 6.62. The highest BCUT2D eigenvalue weighted by atomic mass is 16.4. The van der Waals surface area contributed by atoms with Gasteiger partial charge in [-0.15, -0.1) is 0 Å². The lowest BCUT2D eigenvalue weighted by molar-refractivity contribution is 0.426. The molecule has 0 saturated heterocycles. The maximum atomic E-state index is 9.72. The van der Waals surface area contributed by atoms with Gasteiger partial charge < -0.3 is 10.0 Å². The second kappa shape index (κ2) is 5.54. The summed E-state index contributed by atoms with van der Waals surface area (Å²) in [6.07, 6.45) is 0. The minimum absolute atomic E-state index is 0.0373. The van der Waals surface area contributed by atoms with Crippen LogP contribution in [0.1, 0.15) is 6.85 Å². The molecule has 4 aromatic carbocycles. The van der Waals surface area contributed by atoms with Crippen molar-refractivity contribution in [1.82, 2.24) is 0 Å². The molecule has 0 radical (unpaired) electrons. The fourth-order valence-electron chi connectivity index (χ4n) is 2.68. The second-order valence-electron chi connectivity index (χ2n) is 5.29. The van der Waals surface area contributed by atoms with E-state index in [1.54, 1.807) is 18.2 Å². The van der Waals surface area contributed by atoms with E-state index in [0.717, 1.165) is 5.56 Å². The topological polar surface area (TPSA) is 40.5 Å². The predicted molar refractivity (Wildman–Crippen MR) is 96.7 cm³/mol. The summed E-state index contributed by atoms with van der Waals surface area (Å²) < 4.78 is 41.4. The van der Waals surface area contributed by atoms with Gasteiger partial charge in [0.15, 0.2) is 0 Å². The number of rotatable bonds is 2. The van der Waals surface area contributed by atoms with E-state index in [1.807, 2.05) is 30.3 Å². The zero-order valence-corrected chi connectivity index (χ0v) is 12.1. The normalized spacial score (nSPS) is 14.1. The van der Waals surface area contributed by atoms with Crippen LogP contribution in [0.2, 0.25) is 0 Å². The smallest absolute Gasteiger partial charge is 0.423 e. The third kappa shape index (κ3) is 2.50. The fourth-order valence-corrected chi connectivity index (χ4v) is 2.68. The third-order valence-electron chi connectivity index (χ3n) is 3.81. The van der Waals surface area contributed by atoms with Gasteiger partial charge in [-0.1, -0.05) is 60.6 Å². The molecule has 0 unspecified atom stereocenters. The van der Waals surface area contributed by atoms with Gasteiger partial charge in [0.1, 0.15) is 0 Å². The Morgan fingerprint density at radius 2 is 1.61 bits per heavy atom. The summed E-state index contributed by atoms with van der Waals surface area (Å²) in [7, 11) is -2.00. The van der Waals surface area contributed by atoms with Crippen molar-refractivity contribution in [3.63, 3.8) is 0 Å². The quantitative estimate of drug-likeness (QED) is 0.440. The number of benzene rings is 4. The molecule has 0 spiro atoms. The van der Waals surface area contributed by atoms with Gasteiger partial charge in [-0.05, 0) is 56.3 Å². The Balaban J connectivity index is 2.18. The summed E-state index contributed by atoms with van der Waals surface area (Å²) in [5, 5.41) is 20.5. The van der Waals surface area contributed by atoms with Crippen LogP contribution in [0.5, 0.6) is 0 Å². The van der Waals surface area contributed by atoms with Gasteiger partial charge in [0.25, 0.3) is 0 Å².